The van der Waals surface area contributed by atoms with Crippen LogP contribution in [0.4, 0.5) is 0 Å². The number of hydrogen-bond acceptors (Lipinski definition) is 5. The van der Waals surface area contributed by atoms with E-state index in [0.717, 1.165) is 47.7 Å². The van der Waals surface area contributed by atoms with Gasteiger partial charge in [-0.05, 0) is 48.7 Å². The van der Waals surface area contributed by atoms with Gasteiger partial charge in [-0.15, -0.1) is 0 Å². The lowest BCUT2D eigenvalue weighted by Crippen LogP contribution is -2.11. The molecule has 3 aromatic rings. The van der Waals surface area contributed by atoms with Crippen LogP contribution in [0.5, 0.6) is 5.75 Å². The SMILES string of the molecule is CCCCCCCCOc1ccc(-c2cnc(-c3ccc(C(=O)OCC(C)CC)cc3)cn2)cc1. The van der Waals surface area contributed by atoms with Gasteiger partial charge in [0, 0.05) is 11.1 Å². The average molecular weight is 475 g/mol. The Bertz CT molecular complexity index is 1010. The van der Waals surface area contributed by atoms with Crippen molar-refractivity contribution >= 4 is 5.97 Å². The molecule has 0 saturated heterocycles. The van der Waals surface area contributed by atoms with Crippen molar-refractivity contribution in [1.82, 2.24) is 9.97 Å². The zero-order chi connectivity index (χ0) is 24.9. The van der Waals surface area contributed by atoms with Gasteiger partial charge in [0.2, 0.25) is 0 Å². The summed E-state index contributed by atoms with van der Waals surface area (Å²) in [5, 5.41) is 0. The van der Waals surface area contributed by atoms with Crippen molar-refractivity contribution in [2.45, 2.75) is 65.7 Å². The molecule has 0 saturated carbocycles. The minimum absolute atomic E-state index is 0.294. The maximum Gasteiger partial charge on any atom is 0.338 e. The smallest absolute Gasteiger partial charge is 0.338 e. The number of unbranched alkanes of at least 4 members (excludes halogenated alkanes) is 5. The molecule has 1 heterocycles. The number of aromatic nitrogens is 2. The van der Waals surface area contributed by atoms with Crippen molar-refractivity contribution in [2.75, 3.05) is 13.2 Å². The summed E-state index contributed by atoms with van der Waals surface area (Å²) in [4.78, 5) is 21.4. The van der Waals surface area contributed by atoms with Crippen LogP contribution in [-0.4, -0.2) is 29.2 Å². The molecule has 0 bridgehead atoms. The highest BCUT2D eigenvalue weighted by atomic mass is 16.5. The van der Waals surface area contributed by atoms with Crippen molar-refractivity contribution in [1.29, 1.82) is 0 Å². The van der Waals surface area contributed by atoms with Crippen LogP contribution in [0, 0.1) is 5.92 Å². The number of benzene rings is 2. The van der Waals surface area contributed by atoms with Crippen LogP contribution < -0.4 is 4.74 Å². The third-order valence-electron chi connectivity index (χ3n) is 6.18. The van der Waals surface area contributed by atoms with Crippen molar-refractivity contribution in [3.05, 3.63) is 66.5 Å². The van der Waals surface area contributed by atoms with Crippen molar-refractivity contribution in [3.8, 4) is 28.3 Å². The fourth-order valence-electron chi connectivity index (χ4n) is 3.62. The van der Waals surface area contributed by atoms with E-state index in [9.17, 15) is 4.79 Å². The van der Waals surface area contributed by atoms with E-state index in [1.54, 1.807) is 24.5 Å². The van der Waals surface area contributed by atoms with Gasteiger partial charge in [-0.1, -0.05) is 71.4 Å². The van der Waals surface area contributed by atoms with Gasteiger partial charge < -0.3 is 9.47 Å². The van der Waals surface area contributed by atoms with Crippen molar-refractivity contribution in [3.63, 3.8) is 0 Å². The van der Waals surface area contributed by atoms with Gasteiger partial charge in [0.05, 0.1) is 42.6 Å². The summed E-state index contributed by atoms with van der Waals surface area (Å²) in [5.74, 6) is 0.952. The van der Waals surface area contributed by atoms with Crippen LogP contribution in [0.2, 0.25) is 0 Å². The normalized spacial score (nSPS) is 11.7. The maximum absolute atomic E-state index is 12.2. The predicted molar refractivity (Wildman–Crippen MR) is 142 cm³/mol. The Morgan fingerprint density at radius 3 is 1.94 bits per heavy atom. The minimum Gasteiger partial charge on any atom is -0.494 e. The molecular weight excluding hydrogens is 436 g/mol. The summed E-state index contributed by atoms with van der Waals surface area (Å²) in [7, 11) is 0. The molecule has 5 nitrogen and oxygen atoms in total. The number of carbonyl (C=O) groups excluding carboxylic acids is 1. The molecule has 1 unspecified atom stereocenters. The molecule has 0 radical (unpaired) electrons. The third-order valence-corrected chi connectivity index (χ3v) is 6.18. The zero-order valence-corrected chi connectivity index (χ0v) is 21.3. The van der Waals surface area contributed by atoms with Gasteiger partial charge in [-0.3, -0.25) is 9.97 Å². The summed E-state index contributed by atoms with van der Waals surface area (Å²) >= 11 is 0. The third kappa shape index (κ3) is 8.50. The Hall–Kier alpha value is -3.21. The average Bonchev–Trinajstić information content (AvgIpc) is 2.91. The second kappa shape index (κ2) is 14.2. The van der Waals surface area contributed by atoms with Gasteiger partial charge in [0.25, 0.3) is 0 Å². The second-order valence-corrected chi connectivity index (χ2v) is 9.12. The molecule has 0 aliphatic rings. The number of rotatable bonds is 14. The van der Waals surface area contributed by atoms with E-state index in [-0.39, 0.29) is 5.97 Å². The molecule has 0 aliphatic heterocycles. The van der Waals surface area contributed by atoms with Crippen LogP contribution in [0.15, 0.2) is 60.9 Å². The van der Waals surface area contributed by atoms with E-state index in [1.807, 2.05) is 36.4 Å². The summed E-state index contributed by atoms with van der Waals surface area (Å²) in [5.41, 5.74) is 4.00. The number of nitrogens with zero attached hydrogens (tertiary/aromatic N) is 2. The Labute approximate surface area is 209 Å². The molecule has 0 amide bonds. The summed E-state index contributed by atoms with van der Waals surface area (Å²) < 4.78 is 11.2. The van der Waals surface area contributed by atoms with E-state index in [0.29, 0.717) is 18.1 Å². The molecule has 35 heavy (non-hydrogen) atoms. The molecule has 1 aromatic heterocycles. The highest BCUT2D eigenvalue weighted by Gasteiger charge is 2.10. The standard InChI is InChI=1S/C30H38N2O3/c1-4-6-7-8-9-10-19-34-27-17-15-25(16-18-27)29-21-31-28(20-32-29)24-11-13-26(14-12-24)30(33)35-22-23(3)5-2/h11-18,20-21,23H,4-10,19,22H2,1-3H3. The Morgan fingerprint density at radius 2 is 1.37 bits per heavy atom. The van der Waals surface area contributed by atoms with Crippen LogP contribution in [0.25, 0.3) is 22.5 Å². The molecule has 3 rings (SSSR count). The molecule has 186 valence electrons. The predicted octanol–water partition coefficient (Wildman–Crippen LogP) is 7.75. The largest absolute Gasteiger partial charge is 0.494 e. The summed E-state index contributed by atoms with van der Waals surface area (Å²) in [6, 6.07) is 15.3. The van der Waals surface area contributed by atoms with E-state index in [2.05, 4.69) is 30.7 Å². The van der Waals surface area contributed by atoms with Gasteiger partial charge >= 0.3 is 5.97 Å². The number of hydrogen-bond donors (Lipinski definition) is 0. The van der Waals surface area contributed by atoms with E-state index >= 15 is 0 Å². The molecular formula is C30H38N2O3. The molecule has 5 heteroatoms. The molecule has 0 N–H and O–H groups in total. The van der Waals surface area contributed by atoms with Gasteiger partial charge in [0.1, 0.15) is 5.75 Å². The lowest BCUT2D eigenvalue weighted by molar-refractivity contribution is 0.0447. The number of carbonyl (C=O) groups is 1. The summed E-state index contributed by atoms with van der Waals surface area (Å²) in [6.07, 6.45) is 12.1. The molecule has 0 spiro atoms. The lowest BCUT2D eigenvalue weighted by Gasteiger charge is -2.10. The monoisotopic (exact) mass is 474 g/mol. The second-order valence-electron chi connectivity index (χ2n) is 9.12. The maximum atomic E-state index is 12.2. The van der Waals surface area contributed by atoms with E-state index in [1.165, 1.54) is 32.1 Å². The Morgan fingerprint density at radius 1 is 0.800 bits per heavy atom. The van der Waals surface area contributed by atoms with Crippen molar-refractivity contribution < 1.29 is 14.3 Å². The topological polar surface area (TPSA) is 61.3 Å². The number of ether oxygens (including phenoxy) is 2. The van der Waals surface area contributed by atoms with Crippen molar-refractivity contribution in [2.24, 2.45) is 5.92 Å². The first kappa shape index (κ1) is 26.4. The Kier molecular flexibility index (Phi) is 10.7. The minimum atomic E-state index is -0.294. The fraction of sp³-hybridized carbons (Fsp3) is 0.433. The molecule has 2 aromatic carbocycles. The lowest BCUT2D eigenvalue weighted by atomic mass is 10.1. The Balaban J connectivity index is 1.51. The summed E-state index contributed by atoms with van der Waals surface area (Å²) in [6.45, 7) is 7.59. The zero-order valence-electron chi connectivity index (χ0n) is 21.3. The van der Waals surface area contributed by atoms with Crippen LogP contribution in [-0.2, 0) is 4.74 Å². The van der Waals surface area contributed by atoms with Gasteiger partial charge in [-0.25, -0.2) is 4.79 Å². The fourth-order valence-corrected chi connectivity index (χ4v) is 3.62. The highest BCUT2D eigenvalue weighted by molar-refractivity contribution is 5.90. The first-order valence-electron chi connectivity index (χ1n) is 12.9. The van der Waals surface area contributed by atoms with Crippen LogP contribution >= 0.6 is 0 Å². The van der Waals surface area contributed by atoms with Crippen LogP contribution in [0.3, 0.4) is 0 Å². The molecule has 1 atom stereocenters. The van der Waals surface area contributed by atoms with E-state index < -0.39 is 0 Å². The first-order chi connectivity index (χ1) is 17.1. The number of esters is 1. The molecule has 0 aliphatic carbocycles. The highest BCUT2D eigenvalue weighted by Crippen LogP contribution is 2.23. The van der Waals surface area contributed by atoms with E-state index in [4.69, 9.17) is 9.47 Å². The first-order valence-corrected chi connectivity index (χ1v) is 12.9. The van der Waals surface area contributed by atoms with Gasteiger partial charge in [0.15, 0.2) is 0 Å². The van der Waals surface area contributed by atoms with Crippen LogP contribution in [0.1, 0.15) is 76.1 Å². The quantitative estimate of drug-likeness (QED) is 0.176. The molecule has 0 fully saturated rings. The van der Waals surface area contributed by atoms with Gasteiger partial charge in [-0.2, -0.15) is 0 Å².